The highest BCUT2D eigenvalue weighted by Crippen LogP contribution is 2.12. The zero-order chi connectivity index (χ0) is 15.1. The first-order chi connectivity index (χ1) is 10.2. The van der Waals surface area contributed by atoms with Crippen molar-refractivity contribution in [2.75, 3.05) is 20.2 Å². The Bertz CT molecular complexity index is 495. The van der Waals surface area contributed by atoms with Crippen molar-refractivity contribution in [2.45, 2.75) is 25.5 Å². The van der Waals surface area contributed by atoms with Crippen LogP contribution in [0.3, 0.4) is 0 Å². The largest absolute Gasteiger partial charge is 0.376 e. The predicted molar refractivity (Wildman–Crippen MR) is 80.3 cm³/mol. The van der Waals surface area contributed by atoms with Gasteiger partial charge in [0.05, 0.1) is 11.0 Å². The summed E-state index contributed by atoms with van der Waals surface area (Å²) < 4.78 is 5.54. The van der Waals surface area contributed by atoms with Crippen LogP contribution in [0.2, 0.25) is 0 Å². The number of non-ortho nitro benzene ring substituents is 1. The van der Waals surface area contributed by atoms with Gasteiger partial charge in [0.25, 0.3) is 5.69 Å². The summed E-state index contributed by atoms with van der Waals surface area (Å²) in [5.41, 5.74) is 1.06. The summed E-state index contributed by atoms with van der Waals surface area (Å²) in [6.07, 6.45) is 2.44. The van der Waals surface area contributed by atoms with Crippen LogP contribution in [-0.4, -0.2) is 37.2 Å². The third-order valence-electron chi connectivity index (χ3n) is 3.35. The molecule has 0 spiro atoms. The maximum Gasteiger partial charge on any atom is 0.269 e. The fraction of sp³-hybridized carbons (Fsp3) is 0.500. The fourth-order valence-corrected chi connectivity index (χ4v) is 2.16. The van der Waals surface area contributed by atoms with Crippen LogP contribution >= 0.6 is 0 Å². The molecule has 1 aliphatic heterocycles. The number of nitrogens with zero attached hydrogens (tertiary/aromatic N) is 2. The second-order valence-corrected chi connectivity index (χ2v) is 4.87. The van der Waals surface area contributed by atoms with E-state index < -0.39 is 4.92 Å². The van der Waals surface area contributed by atoms with Crippen molar-refractivity contribution in [3.05, 3.63) is 39.9 Å². The first kappa shape index (κ1) is 15.2. The van der Waals surface area contributed by atoms with E-state index in [2.05, 4.69) is 15.6 Å². The number of nitro benzene ring substituents is 1. The summed E-state index contributed by atoms with van der Waals surface area (Å²) >= 11 is 0. The topological polar surface area (TPSA) is 88.8 Å². The number of nitro groups is 1. The predicted octanol–water partition coefficient (Wildman–Crippen LogP) is 1.44. The van der Waals surface area contributed by atoms with Crippen molar-refractivity contribution >= 4 is 11.6 Å². The second-order valence-electron chi connectivity index (χ2n) is 4.87. The first-order valence-corrected chi connectivity index (χ1v) is 6.98. The van der Waals surface area contributed by atoms with Crippen molar-refractivity contribution in [1.29, 1.82) is 0 Å². The third kappa shape index (κ3) is 4.71. The lowest BCUT2D eigenvalue weighted by Crippen LogP contribution is -2.40. The molecule has 0 amide bonds. The van der Waals surface area contributed by atoms with E-state index in [1.807, 2.05) is 0 Å². The normalized spacial score (nSPS) is 18.5. The number of aliphatic imine (C=N–C) groups is 1. The summed E-state index contributed by atoms with van der Waals surface area (Å²) in [5.74, 6) is 0.698. The Morgan fingerprint density at radius 2 is 2.19 bits per heavy atom. The van der Waals surface area contributed by atoms with E-state index in [-0.39, 0.29) is 11.8 Å². The van der Waals surface area contributed by atoms with Crippen LogP contribution in [0.15, 0.2) is 29.3 Å². The molecule has 1 aromatic rings. The van der Waals surface area contributed by atoms with E-state index >= 15 is 0 Å². The molecule has 1 fully saturated rings. The molecule has 0 radical (unpaired) electrons. The molecule has 1 heterocycles. The van der Waals surface area contributed by atoms with Crippen molar-refractivity contribution in [3.63, 3.8) is 0 Å². The summed E-state index contributed by atoms with van der Waals surface area (Å²) in [7, 11) is 1.71. The van der Waals surface area contributed by atoms with Gasteiger partial charge in [0.2, 0.25) is 0 Å². The maximum absolute atomic E-state index is 10.6. The molecule has 7 nitrogen and oxygen atoms in total. The Hall–Kier alpha value is -2.15. The minimum Gasteiger partial charge on any atom is -0.376 e. The van der Waals surface area contributed by atoms with E-state index in [0.29, 0.717) is 12.5 Å². The van der Waals surface area contributed by atoms with E-state index in [9.17, 15) is 10.1 Å². The Morgan fingerprint density at radius 3 is 2.76 bits per heavy atom. The molecular weight excluding hydrogens is 272 g/mol. The number of nitrogens with one attached hydrogen (secondary N) is 2. The van der Waals surface area contributed by atoms with Gasteiger partial charge in [-0.1, -0.05) is 12.1 Å². The minimum atomic E-state index is -0.403. The van der Waals surface area contributed by atoms with Crippen LogP contribution in [0.25, 0.3) is 0 Å². The highest BCUT2D eigenvalue weighted by molar-refractivity contribution is 5.79. The zero-order valence-electron chi connectivity index (χ0n) is 12.0. The van der Waals surface area contributed by atoms with Crippen molar-refractivity contribution in [2.24, 2.45) is 4.99 Å². The van der Waals surface area contributed by atoms with Gasteiger partial charge in [-0.3, -0.25) is 15.1 Å². The van der Waals surface area contributed by atoms with Gasteiger partial charge in [0.15, 0.2) is 5.96 Å². The monoisotopic (exact) mass is 292 g/mol. The first-order valence-electron chi connectivity index (χ1n) is 6.98. The molecule has 1 unspecified atom stereocenters. The minimum absolute atomic E-state index is 0.0969. The zero-order valence-corrected chi connectivity index (χ0v) is 12.0. The van der Waals surface area contributed by atoms with Gasteiger partial charge >= 0.3 is 0 Å². The molecule has 0 aromatic heterocycles. The van der Waals surface area contributed by atoms with Gasteiger partial charge in [-0.15, -0.1) is 0 Å². The summed E-state index contributed by atoms with van der Waals surface area (Å²) in [4.78, 5) is 14.3. The standard InChI is InChI=1S/C14H20N4O3/c1-15-14(17-10-13-3-2-8-21-13)16-9-11-4-6-12(7-5-11)18(19)20/h4-7,13H,2-3,8-10H2,1H3,(H2,15,16,17). The number of hydrogen-bond donors (Lipinski definition) is 2. The molecular formula is C14H20N4O3. The Morgan fingerprint density at radius 1 is 1.43 bits per heavy atom. The van der Waals surface area contributed by atoms with Gasteiger partial charge < -0.3 is 15.4 Å². The SMILES string of the molecule is CN=C(NCc1ccc([N+](=O)[O-])cc1)NCC1CCCO1. The second kappa shape index (κ2) is 7.58. The smallest absolute Gasteiger partial charge is 0.269 e. The maximum atomic E-state index is 10.6. The van der Waals surface area contributed by atoms with E-state index in [1.165, 1.54) is 12.1 Å². The number of benzene rings is 1. The molecule has 1 atom stereocenters. The van der Waals surface area contributed by atoms with Gasteiger partial charge in [0.1, 0.15) is 0 Å². The van der Waals surface area contributed by atoms with Gasteiger partial charge in [-0.25, -0.2) is 0 Å². The van der Waals surface area contributed by atoms with Crippen LogP contribution in [0.5, 0.6) is 0 Å². The molecule has 0 aliphatic carbocycles. The van der Waals surface area contributed by atoms with Crippen LogP contribution in [0, 0.1) is 10.1 Å². The molecule has 1 saturated heterocycles. The lowest BCUT2D eigenvalue weighted by atomic mass is 10.2. The molecule has 1 aliphatic rings. The van der Waals surface area contributed by atoms with Crippen LogP contribution in [0.4, 0.5) is 5.69 Å². The lowest BCUT2D eigenvalue weighted by Gasteiger charge is -2.15. The number of guanidine groups is 1. The van der Waals surface area contributed by atoms with E-state index in [4.69, 9.17) is 4.74 Å². The van der Waals surface area contributed by atoms with Gasteiger partial charge in [-0.05, 0) is 18.4 Å². The summed E-state index contributed by atoms with van der Waals surface area (Å²) in [6.45, 7) is 2.13. The van der Waals surface area contributed by atoms with Crippen LogP contribution in [-0.2, 0) is 11.3 Å². The van der Waals surface area contributed by atoms with Gasteiger partial charge in [0, 0.05) is 38.9 Å². The average Bonchev–Trinajstić information content (AvgIpc) is 3.01. The molecule has 2 rings (SSSR count). The van der Waals surface area contributed by atoms with Crippen molar-refractivity contribution < 1.29 is 9.66 Å². The van der Waals surface area contributed by atoms with Gasteiger partial charge in [-0.2, -0.15) is 0 Å². The Balaban J connectivity index is 1.78. The lowest BCUT2D eigenvalue weighted by molar-refractivity contribution is -0.384. The van der Waals surface area contributed by atoms with Crippen LogP contribution in [0.1, 0.15) is 18.4 Å². The quantitative estimate of drug-likeness (QED) is 0.371. The highest BCUT2D eigenvalue weighted by atomic mass is 16.6. The number of hydrogen-bond acceptors (Lipinski definition) is 4. The fourth-order valence-electron chi connectivity index (χ4n) is 2.16. The molecule has 114 valence electrons. The molecule has 2 N–H and O–H groups in total. The third-order valence-corrected chi connectivity index (χ3v) is 3.35. The molecule has 7 heteroatoms. The average molecular weight is 292 g/mol. The van der Waals surface area contributed by atoms with Crippen molar-refractivity contribution in [1.82, 2.24) is 10.6 Å². The van der Waals surface area contributed by atoms with E-state index in [1.54, 1.807) is 19.2 Å². The van der Waals surface area contributed by atoms with Crippen molar-refractivity contribution in [3.8, 4) is 0 Å². The van der Waals surface area contributed by atoms with Crippen LogP contribution < -0.4 is 10.6 Å². The Kier molecular flexibility index (Phi) is 5.51. The Labute approximate surface area is 123 Å². The summed E-state index contributed by atoms with van der Waals surface area (Å²) in [6, 6.07) is 6.47. The molecule has 0 bridgehead atoms. The molecule has 0 saturated carbocycles. The highest BCUT2D eigenvalue weighted by Gasteiger charge is 2.15. The number of rotatable bonds is 5. The molecule has 21 heavy (non-hydrogen) atoms. The van der Waals surface area contributed by atoms with E-state index in [0.717, 1.165) is 31.6 Å². The number of ether oxygens (including phenoxy) is 1. The summed E-state index contributed by atoms with van der Waals surface area (Å²) in [5, 5.41) is 17.0. The molecule has 1 aromatic carbocycles.